The molecule has 1 atom stereocenters. The molecule has 25 heavy (non-hydrogen) atoms. The van der Waals surface area contributed by atoms with Crippen molar-refractivity contribution in [1.82, 2.24) is 14.9 Å². The van der Waals surface area contributed by atoms with Gasteiger partial charge in [0.05, 0.1) is 11.9 Å². The van der Waals surface area contributed by atoms with E-state index in [1.807, 2.05) is 12.1 Å². The second-order valence-electron chi connectivity index (χ2n) is 6.97. The van der Waals surface area contributed by atoms with Gasteiger partial charge in [0.2, 0.25) is 0 Å². The summed E-state index contributed by atoms with van der Waals surface area (Å²) in [6.07, 6.45) is 3.75. The zero-order chi connectivity index (χ0) is 17.4. The van der Waals surface area contributed by atoms with Crippen molar-refractivity contribution in [2.45, 2.75) is 45.7 Å². The number of nitrogens with one attached hydrogen (secondary N) is 1. The first-order chi connectivity index (χ1) is 12.1. The predicted molar refractivity (Wildman–Crippen MR) is 104 cm³/mol. The summed E-state index contributed by atoms with van der Waals surface area (Å²) in [5, 5.41) is 2.78. The summed E-state index contributed by atoms with van der Waals surface area (Å²) in [5.74, 6) is 0.782. The van der Waals surface area contributed by atoms with Crippen molar-refractivity contribution >= 4 is 21.6 Å². The number of aromatic nitrogens is 2. The van der Waals surface area contributed by atoms with Gasteiger partial charge in [-0.05, 0) is 44.4 Å². The Balaban J connectivity index is 1.72. The Morgan fingerprint density at radius 2 is 2.12 bits per heavy atom. The zero-order valence-electron chi connectivity index (χ0n) is 14.7. The molecule has 5 heteroatoms. The third kappa shape index (κ3) is 3.14. The average molecular weight is 353 g/mol. The highest BCUT2D eigenvalue weighted by molar-refractivity contribution is 7.17. The molecule has 1 aromatic carbocycles. The predicted octanol–water partition coefficient (Wildman–Crippen LogP) is 4.33. The van der Waals surface area contributed by atoms with Crippen LogP contribution in [0.3, 0.4) is 0 Å². The van der Waals surface area contributed by atoms with Crippen LogP contribution < -0.4 is 5.56 Å². The molecule has 0 bridgehead atoms. The van der Waals surface area contributed by atoms with E-state index in [0.29, 0.717) is 6.04 Å². The summed E-state index contributed by atoms with van der Waals surface area (Å²) in [5.41, 5.74) is 3.25. The summed E-state index contributed by atoms with van der Waals surface area (Å²) in [4.78, 5) is 23.8. The summed E-state index contributed by atoms with van der Waals surface area (Å²) < 4.78 is 0. The fourth-order valence-electron chi connectivity index (χ4n) is 3.73. The molecule has 0 spiro atoms. The normalized spacial score (nSPS) is 18.7. The number of hydrogen-bond acceptors (Lipinski definition) is 4. The van der Waals surface area contributed by atoms with Crippen LogP contribution in [0.25, 0.3) is 21.3 Å². The molecule has 0 saturated carbocycles. The van der Waals surface area contributed by atoms with Crippen molar-refractivity contribution in [1.29, 1.82) is 0 Å². The minimum atomic E-state index is -0.0239. The van der Waals surface area contributed by atoms with Gasteiger partial charge in [0.25, 0.3) is 5.56 Å². The molecular formula is C20H23N3OS. The number of aryl methyl sites for hydroxylation is 1. The first-order valence-electron chi connectivity index (χ1n) is 8.94. The molecule has 3 heterocycles. The minimum absolute atomic E-state index is 0.0239. The first-order valence-corrected chi connectivity index (χ1v) is 9.82. The van der Waals surface area contributed by atoms with Crippen LogP contribution in [0.1, 0.15) is 37.6 Å². The van der Waals surface area contributed by atoms with Crippen LogP contribution in [0.15, 0.2) is 34.4 Å². The van der Waals surface area contributed by atoms with Crippen LogP contribution in [0, 0.1) is 6.92 Å². The molecule has 1 saturated heterocycles. The molecule has 130 valence electrons. The monoisotopic (exact) mass is 353 g/mol. The number of fused-ring (bicyclic) bond motifs is 1. The Morgan fingerprint density at radius 3 is 2.92 bits per heavy atom. The van der Waals surface area contributed by atoms with Gasteiger partial charge in [-0.15, -0.1) is 11.3 Å². The van der Waals surface area contributed by atoms with Crippen molar-refractivity contribution in [3.05, 3.63) is 51.4 Å². The van der Waals surface area contributed by atoms with Crippen LogP contribution in [0.5, 0.6) is 0 Å². The van der Waals surface area contributed by atoms with Gasteiger partial charge < -0.3 is 4.98 Å². The quantitative estimate of drug-likeness (QED) is 0.762. The molecule has 3 aromatic rings. The maximum atomic E-state index is 12.8. The molecule has 4 nitrogen and oxygen atoms in total. The van der Waals surface area contributed by atoms with Crippen LogP contribution in [0.2, 0.25) is 0 Å². The Morgan fingerprint density at radius 1 is 1.28 bits per heavy atom. The molecular weight excluding hydrogens is 330 g/mol. The standard InChI is InChI=1S/C20H23N3OS/c1-13-7-3-4-9-15(13)16-12-25-20-18(16)19(24)21-17(22-20)11-23-10-6-5-8-14(23)2/h3-4,7,9,12,14H,5-6,8,10-11H2,1-2H3,(H,21,22,24). The maximum Gasteiger partial charge on any atom is 0.260 e. The van der Waals surface area contributed by atoms with Crippen LogP contribution in [0.4, 0.5) is 0 Å². The third-order valence-corrected chi connectivity index (χ3v) is 6.09. The summed E-state index contributed by atoms with van der Waals surface area (Å²) >= 11 is 1.56. The van der Waals surface area contributed by atoms with Crippen molar-refractivity contribution in [3.8, 4) is 11.1 Å². The maximum absolute atomic E-state index is 12.8. The number of thiophene rings is 1. The van der Waals surface area contributed by atoms with Gasteiger partial charge in [0.15, 0.2) is 0 Å². The molecule has 1 aliphatic heterocycles. The van der Waals surface area contributed by atoms with E-state index >= 15 is 0 Å². The van der Waals surface area contributed by atoms with Crippen LogP contribution in [-0.2, 0) is 6.54 Å². The highest BCUT2D eigenvalue weighted by Gasteiger charge is 2.20. The fraction of sp³-hybridized carbons (Fsp3) is 0.400. The van der Waals surface area contributed by atoms with Crippen molar-refractivity contribution in [2.24, 2.45) is 0 Å². The van der Waals surface area contributed by atoms with Crippen molar-refractivity contribution in [2.75, 3.05) is 6.54 Å². The molecule has 1 N–H and O–H groups in total. The highest BCUT2D eigenvalue weighted by Crippen LogP contribution is 2.32. The number of likely N-dealkylation sites (tertiary alicyclic amines) is 1. The van der Waals surface area contributed by atoms with Crippen molar-refractivity contribution < 1.29 is 0 Å². The van der Waals surface area contributed by atoms with Gasteiger partial charge >= 0.3 is 0 Å². The first kappa shape index (κ1) is 16.5. The van der Waals surface area contributed by atoms with Gasteiger partial charge in [-0.25, -0.2) is 4.98 Å². The number of H-pyrrole nitrogens is 1. The van der Waals surface area contributed by atoms with E-state index < -0.39 is 0 Å². The van der Waals surface area contributed by atoms with E-state index in [0.717, 1.165) is 40.3 Å². The Kier molecular flexibility index (Phi) is 4.44. The fourth-order valence-corrected chi connectivity index (χ4v) is 4.68. The lowest BCUT2D eigenvalue weighted by atomic mass is 10.0. The van der Waals surface area contributed by atoms with Gasteiger partial charge in [0.1, 0.15) is 10.7 Å². The van der Waals surface area contributed by atoms with Gasteiger partial charge in [-0.3, -0.25) is 9.69 Å². The summed E-state index contributed by atoms with van der Waals surface area (Å²) in [7, 11) is 0. The second kappa shape index (κ2) is 6.73. The zero-order valence-corrected chi connectivity index (χ0v) is 15.5. The highest BCUT2D eigenvalue weighted by atomic mass is 32.1. The van der Waals surface area contributed by atoms with Crippen LogP contribution >= 0.6 is 11.3 Å². The molecule has 0 radical (unpaired) electrons. The van der Waals surface area contributed by atoms with E-state index in [9.17, 15) is 4.79 Å². The van der Waals surface area contributed by atoms with Crippen LogP contribution in [-0.4, -0.2) is 27.5 Å². The smallest absolute Gasteiger partial charge is 0.260 e. The minimum Gasteiger partial charge on any atom is -0.309 e. The van der Waals surface area contributed by atoms with Gasteiger partial charge in [0, 0.05) is 17.0 Å². The Hall–Kier alpha value is -1.98. The number of hydrogen-bond donors (Lipinski definition) is 1. The third-order valence-electron chi connectivity index (χ3n) is 5.22. The number of benzene rings is 1. The topological polar surface area (TPSA) is 49.0 Å². The van der Waals surface area contributed by atoms with E-state index in [1.54, 1.807) is 11.3 Å². The second-order valence-corrected chi connectivity index (χ2v) is 7.83. The number of aromatic amines is 1. The van der Waals surface area contributed by atoms with E-state index in [4.69, 9.17) is 4.98 Å². The Labute approximate surface area is 151 Å². The van der Waals surface area contributed by atoms with Gasteiger partial charge in [-0.2, -0.15) is 0 Å². The molecule has 1 fully saturated rings. The lowest BCUT2D eigenvalue weighted by Crippen LogP contribution is -2.37. The number of nitrogens with zero attached hydrogens (tertiary/aromatic N) is 2. The lowest BCUT2D eigenvalue weighted by molar-refractivity contribution is 0.149. The number of piperidine rings is 1. The van der Waals surface area contributed by atoms with Gasteiger partial charge in [-0.1, -0.05) is 30.7 Å². The molecule has 4 rings (SSSR count). The average Bonchev–Trinajstić information content (AvgIpc) is 3.02. The number of rotatable bonds is 3. The molecule has 1 unspecified atom stereocenters. The molecule has 0 aliphatic carbocycles. The van der Waals surface area contributed by atoms with E-state index in [2.05, 4.69) is 41.2 Å². The largest absolute Gasteiger partial charge is 0.309 e. The Bertz CT molecular complexity index is 959. The molecule has 1 aliphatic rings. The van der Waals surface area contributed by atoms with E-state index in [1.165, 1.54) is 24.8 Å². The molecule has 0 amide bonds. The van der Waals surface area contributed by atoms with E-state index in [-0.39, 0.29) is 5.56 Å². The summed E-state index contributed by atoms with van der Waals surface area (Å²) in [6, 6.07) is 8.74. The lowest BCUT2D eigenvalue weighted by Gasteiger charge is -2.32. The molecule has 2 aromatic heterocycles. The summed E-state index contributed by atoms with van der Waals surface area (Å²) in [6.45, 7) is 6.15. The SMILES string of the molecule is Cc1ccccc1-c1csc2nc(CN3CCCCC3C)[nH]c(=O)c12. The van der Waals surface area contributed by atoms with Crippen molar-refractivity contribution in [3.63, 3.8) is 0 Å².